The average molecular weight is 337 g/mol. The third-order valence-electron chi connectivity index (χ3n) is 4.19. The van der Waals surface area contributed by atoms with Crippen LogP contribution in [0.5, 0.6) is 5.75 Å². The summed E-state index contributed by atoms with van der Waals surface area (Å²) in [6.45, 7) is 0.0664. The predicted molar refractivity (Wildman–Crippen MR) is 89.6 cm³/mol. The number of aromatic nitrogens is 2. The van der Waals surface area contributed by atoms with Crippen molar-refractivity contribution in [3.63, 3.8) is 0 Å². The third-order valence-corrected chi connectivity index (χ3v) is 4.19. The van der Waals surface area contributed by atoms with E-state index in [1.54, 1.807) is 42.6 Å². The third kappa shape index (κ3) is 2.64. The molecule has 0 aliphatic carbocycles. The van der Waals surface area contributed by atoms with Crippen LogP contribution in [0.15, 0.2) is 59.7 Å². The second-order valence-corrected chi connectivity index (χ2v) is 5.77. The zero-order valence-electron chi connectivity index (χ0n) is 13.1. The number of nitrogens with one attached hydrogen (secondary N) is 1. The average Bonchev–Trinajstić information content (AvgIpc) is 2.64. The van der Waals surface area contributed by atoms with Gasteiger partial charge in [0, 0.05) is 18.0 Å². The Morgan fingerprint density at radius 2 is 2.04 bits per heavy atom. The molecule has 0 fully saturated rings. The van der Waals surface area contributed by atoms with Crippen molar-refractivity contribution in [1.82, 2.24) is 14.7 Å². The van der Waals surface area contributed by atoms with Gasteiger partial charge in [-0.1, -0.05) is 24.3 Å². The van der Waals surface area contributed by atoms with Gasteiger partial charge in [-0.3, -0.25) is 14.0 Å². The first-order valence-corrected chi connectivity index (χ1v) is 7.82. The molecule has 0 radical (unpaired) electrons. The quantitative estimate of drug-likeness (QED) is 0.725. The molecule has 0 saturated heterocycles. The fraction of sp³-hybridized carbons (Fsp3) is 0.167. The lowest BCUT2D eigenvalue weighted by molar-refractivity contribution is 0.0501. The monoisotopic (exact) mass is 337 g/mol. The van der Waals surface area contributed by atoms with E-state index in [2.05, 4.69) is 10.3 Å². The van der Waals surface area contributed by atoms with Crippen molar-refractivity contribution < 1.29 is 14.6 Å². The van der Waals surface area contributed by atoms with Crippen LogP contribution in [-0.4, -0.2) is 33.1 Å². The number of aliphatic hydroxyl groups is 1. The van der Waals surface area contributed by atoms with E-state index >= 15 is 0 Å². The van der Waals surface area contributed by atoms with Gasteiger partial charge in [0.05, 0.1) is 6.04 Å². The van der Waals surface area contributed by atoms with E-state index in [9.17, 15) is 14.7 Å². The van der Waals surface area contributed by atoms with E-state index in [4.69, 9.17) is 4.74 Å². The van der Waals surface area contributed by atoms with Crippen LogP contribution in [0, 0.1) is 0 Å². The second-order valence-electron chi connectivity index (χ2n) is 5.77. The van der Waals surface area contributed by atoms with Crippen molar-refractivity contribution in [3.8, 4) is 5.75 Å². The second kappa shape index (κ2) is 6.03. The topological polar surface area (TPSA) is 92.9 Å². The molecule has 0 saturated carbocycles. The summed E-state index contributed by atoms with van der Waals surface area (Å²) in [6.07, 6.45) is 1.90. The Morgan fingerprint density at radius 3 is 2.92 bits per heavy atom. The molecule has 126 valence electrons. The molecule has 0 spiro atoms. The van der Waals surface area contributed by atoms with Crippen LogP contribution in [0.3, 0.4) is 0 Å². The van der Waals surface area contributed by atoms with Gasteiger partial charge in [-0.15, -0.1) is 0 Å². The van der Waals surface area contributed by atoms with E-state index in [1.165, 1.54) is 10.6 Å². The summed E-state index contributed by atoms with van der Waals surface area (Å²) in [4.78, 5) is 29.3. The van der Waals surface area contributed by atoms with Crippen molar-refractivity contribution in [2.75, 3.05) is 6.61 Å². The molecule has 25 heavy (non-hydrogen) atoms. The van der Waals surface area contributed by atoms with Gasteiger partial charge in [0.1, 0.15) is 29.7 Å². The zero-order chi connectivity index (χ0) is 17.4. The minimum atomic E-state index is -0.907. The van der Waals surface area contributed by atoms with Gasteiger partial charge < -0.3 is 15.2 Å². The van der Waals surface area contributed by atoms with E-state index in [0.717, 1.165) is 0 Å². The van der Waals surface area contributed by atoms with E-state index in [1.807, 2.05) is 6.07 Å². The highest BCUT2D eigenvalue weighted by atomic mass is 16.5. The van der Waals surface area contributed by atoms with Gasteiger partial charge in [0.25, 0.3) is 11.5 Å². The van der Waals surface area contributed by atoms with Gasteiger partial charge >= 0.3 is 0 Å². The Hall–Kier alpha value is -3.19. The fourth-order valence-electron chi connectivity index (χ4n) is 2.92. The number of hydrogen-bond donors (Lipinski definition) is 2. The lowest BCUT2D eigenvalue weighted by atomic mass is 9.98. The Labute approximate surface area is 142 Å². The van der Waals surface area contributed by atoms with Gasteiger partial charge in [-0.25, -0.2) is 4.98 Å². The van der Waals surface area contributed by atoms with Crippen LogP contribution < -0.4 is 15.6 Å². The molecule has 2 N–H and O–H groups in total. The Kier molecular flexibility index (Phi) is 3.70. The summed E-state index contributed by atoms with van der Waals surface area (Å²) in [5, 5.41) is 12.9. The van der Waals surface area contributed by atoms with E-state index < -0.39 is 23.6 Å². The molecule has 0 bridgehead atoms. The maximum absolute atomic E-state index is 12.6. The molecule has 0 unspecified atom stereocenters. The SMILES string of the molecule is O=C(N[C@H]1c2ccccc2OC[C@H]1O)c1cnc2ccccn2c1=O. The summed E-state index contributed by atoms with van der Waals surface area (Å²) in [7, 11) is 0. The molecule has 3 aromatic rings. The molecule has 4 rings (SSSR count). The molecule has 1 aromatic carbocycles. The highest BCUT2D eigenvalue weighted by Crippen LogP contribution is 2.31. The number of benzene rings is 1. The molecule has 1 aliphatic heterocycles. The van der Waals surface area contributed by atoms with Gasteiger partial charge in [0.15, 0.2) is 0 Å². The summed E-state index contributed by atoms with van der Waals surface area (Å²) >= 11 is 0. The number of carbonyl (C=O) groups is 1. The standard InChI is InChI=1S/C18H15N3O4/c22-13-10-25-14-6-2-1-5-11(14)16(13)20-17(23)12-9-19-15-7-3-4-8-21(15)18(12)24/h1-9,13,16,22H,10H2,(H,20,23)/t13-,16+/m1/s1. The molecule has 1 amide bonds. The molecular formula is C18H15N3O4. The number of rotatable bonds is 2. The lowest BCUT2D eigenvalue weighted by Gasteiger charge is -2.30. The fourth-order valence-corrected chi connectivity index (χ4v) is 2.92. The van der Waals surface area contributed by atoms with Crippen LogP contribution in [0.4, 0.5) is 0 Å². The van der Waals surface area contributed by atoms with Crippen molar-refractivity contribution >= 4 is 11.6 Å². The minimum absolute atomic E-state index is 0.0664. The summed E-state index contributed by atoms with van der Waals surface area (Å²) in [5.74, 6) is 0.0166. The molecule has 3 heterocycles. The number of ether oxygens (including phenoxy) is 1. The predicted octanol–water partition coefficient (Wildman–Crippen LogP) is 0.919. The molecular weight excluding hydrogens is 322 g/mol. The van der Waals surface area contributed by atoms with E-state index in [-0.39, 0.29) is 12.2 Å². The first-order valence-electron chi connectivity index (χ1n) is 7.82. The van der Waals surface area contributed by atoms with Crippen molar-refractivity contribution in [1.29, 1.82) is 0 Å². The van der Waals surface area contributed by atoms with Crippen molar-refractivity contribution in [2.45, 2.75) is 12.1 Å². The number of aliphatic hydroxyl groups excluding tert-OH is 1. The number of fused-ring (bicyclic) bond motifs is 2. The maximum atomic E-state index is 12.6. The number of pyridine rings is 1. The maximum Gasteiger partial charge on any atom is 0.270 e. The summed E-state index contributed by atoms with van der Waals surface area (Å²) in [6, 6.07) is 11.6. The molecule has 2 atom stereocenters. The molecule has 1 aliphatic rings. The Morgan fingerprint density at radius 1 is 1.24 bits per heavy atom. The van der Waals surface area contributed by atoms with Crippen LogP contribution in [-0.2, 0) is 0 Å². The highest BCUT2D eigenvalue weighted by molar-refractivity contribution is 5.94. The largest absolute Gasteiger partial charge is 0.490 e. The Balaban J connectivity index is 1.69. The highest BCUT2D eigenvalue weighted by Gasteiger charge is 2.31. The first-order chi connectivity index (χ1) is 12.1. The van der Waals surface area contributed by atoms with Crippen LogP contribution in [0.25, 0.3) is 5.65 Å². The van der Waals surface area contributed by atoms with E-state index in [0.29, 0.717) is 17.0 Å². The van der Waals surface area contributed by atoms with Crippen LogP contribution >= 0.6 is 0 Å². The normalized spacial score (nSPS) is 19.1. The van der Waals surface area contributed by atoms with Crippen molar-refractivity contribution in [3.05, 3.63) is 76.3 Å². The molecule has 7 nitrogen and oxygen atoms in total. The van der Waals surface area contributed by atoms with Crippen molar-refractivity contribution in [2.24, 2.45) is 0 Å². The number of carbonyl (C=O) groups excluding carboxylic acids is 1. The number of amides is 1. The number of hydrogen-bond acceptors (Lipinski definition) is 5. The minimum Gasteiger partial charge on any atom is -0.490 e. The molecule has 2 aromatic heterocycles. The first kappa shape index (κ1) is 15.3. The van der Waals surface area contributed by atoms with Crippen LogP contribution in [0.2, 0.25) is 0 Å². The molecule has 7 heteroatoms. The summed E-state index contributed by atoms with van der Waals surface area (Å²) in [5.41, 5.74) is 0.585. The summed E-state index contributed by atoms with van der Waals surface area (Å²) < 4.78 is 6.76. The number of para-hydroxylation sites is 1. The lowest BCUT2D eigenvalue weighted by Crippen LogP contribution is -2.43. The smallest absolute Gasteiger partial charge is 0.270 e. The van der Waals surface area contributed by atoms with Gasteiger partial charge in [0.2, 0.25) is 0 Å². The zero-order valence-corrected chi connectivity index (χ0v) is 13.1. The van der Waals surface area contributed by atoms with Gasteiger partial charge in [-0.2, -0.15) is 0 Å². The van der Waals surface area contributed by atoms with Gasteiger partial charge in [-0.05, 0) is 18.2 Å². The Bertz CT molecular complexity index is 1010. The van der Waals surface area contributed by atoms with Crippen LogP contribution in [0.1, 0.15) is 22.0 Å². The number of nitrogens with zero attached hydrogens (tertiary/aromatic N) is 2.